The molecule has 3 aromatic rings. The van der Waals surface area contributed by atoms with E-state index in [4.69, 9.17) is 5.73 Å². The molecule has 0 saturated heterocycles. The van der Waals surface area contributed by atoms with Gasteiger partial charge in [-0.3, -0.25) is 9.48 Å². The molecule has 1 amide bonds. The van der Waals surface area contributed by atoms with Crippen molar-refractivity contribution in [2.75, 3.05) is 11.1 Å². The van der Waals surface area contributed by atoms with Crippen LogP contribution in [0.15, 0.2) is 47.4 Å². The van der Waals surface area contributed by atoms with Gasteiger partial charge in [0.05, 0.1) is 6.54 Å². The minimum atomic E-state index is -0.464. The van der Waals surface area contributed by atoms with E-state index in [1.54, 1.807) is 18.3 Å². The van der Waals surface area contributed by atoms with Crippen LogP contribution >= 0.6 is 0 Å². The monoisotopic (exact) mass is 284 g/mol. The summed E-state index contributed by atoms with van der Waals surface area (Å²) < 4.78 is 6.20. The second kappa shape index (κ2) is 5.45. The van der Waals surface area contributed by atoms with Gasteiger partial charge in [0.2, 0.25) is 11.5 Å². The summed E-state index contributed by atoms with van der Waals surface area (Å²) in [6.45, 7) is 0.668. The van der Waals surface area contributed by atoms with E-state index in [0.717, 1.165) is 5.56 Å². The Kier molecular flexibility index (Phi) is 3.34. The topological polar surface area (TPSA) is 112 Å². The number of nitrogens with zero attached hydrogens (tertiary/aromatic N) is 4. The maximum atomic E-state index is 11.9. The molecule has 106 valence electrons. The zero-order valence-corrected chi connectivity index (χ0v) is 10.9. The van der Waals surface area contributed by atoms with Gasteiger partial charge in [0, 0.05) is 18.1 Å². The first kappa shape index (κ1) is 12.9. The van der Waals surface area contributed by atoms with Gasteiger partial charge in [-0.05, 0) is 34.1 Å². The van der Waals surface area contributed by atoms with Crippen LogP contribution < -0.4 is 11.1 Å². The number of carbonyl (C=O) groups is 1. The molecule has 0 spiro atoms. The van der Waals surface area contributed by atoms with E-state index in [-0.39, 0.29) is 11.5 Å². The van der Waals surface area contributed by atoms with Crippen LogP contribution in [0, 0.1) is 0 Å². The number of hydrogen-bond donors (Lipinski definition) is 2. The summed E-state index contributed by atoms with van der Waals surface area (Å²) in [6, 6.07) is 9.26. The molecule has 0 aliphatic heterocycles. The van der Waals surface area contributed by atoms with E-state index in [1.807, 2.05) is 29.1 Å². The third-order valence-corrected chi connectivity index (χ3v) is 2.84. The van der Waals surface area contributed by atoms with Gasteiger partial charge in [0.1, 0.15) is 0 Å². The Morgan fingerprint density at radius 2 is 2.10 bits per heavy atom. The lowest BCUT2D eigenvalue weighted by Gasteiger charge is -2.05. The highest BCUT2D eigenvalue weighted by atomic mass is 16.6. The Bertz CT molecular complexity index is 732. The number of nitrogens with one attached hydrogen (secondary N) is 1. The van der Waals surface area contributed by atoms with Crippen LogP contribution in [0.1, 0.15) is 16.1 Å². The van der Waals surface area contributed by atoms with Crippen molar-refractivity contribution in [2.45, 2.75) is 6.54 Å². The quantitative estimate of drug-likeness (QED) is 0.743. The lowest BCUT2D eigenvalue weighted by atomic mass is 10.2. The average molecular weight is 284 g/mol. The number of rotatable bonds is 4. The van der Waals surface area contributed by atoms with Crippen molar-refractivity contribution in [3.63, 3.8) is 0 Å². The molecule has 0 atom stereocenters. The predicted molar refractivity (Wildman–Crippen MR) is 74.4 cm³/mol. The predicted octanol–water partition coefficient (Wildman–Crippen LogP) is 1.15. The Morgan fingerprint density at radius 1 is 1.29 bits per heavy atom. The summed E-state index contributed by atoms with van der Waals surface area (Å²) in [5, 5.41) is 13.6. The summed E-state index contributed by atoms with van der Waals surface area (Å²) in [7, 11) is 0. The van der Waals surface area contributed by atoms with Crippen LogP contribution in [-0.4, -0.2) is 26.0 Å². The number of amides is 1. The van der Waals surface area contributed by atoms with E-state index < -0.39 is 5.91 Å². The summed E-state index contributed by atoms with van der Waals surface area (Å²) in [5.74, 6) is -0.503. The smallest absolute Gasteiger partial charge is 0.281 e. The van der Waals surface area contributed by atoms with Crippen molar-refractivity contribution < 1.29 is 9.42 Å². The van der Waals surface area contributed by atoms with Gasteiger partial charge in [0.25, 0.3) is 5.91 Å². The first-order chi connectivity index (χ1) is 10.2. The number of aromatic nitrogens is 4. The zero-order valence-electron chi connectivity index (χ0n) is 10.9. The van der Waals surface area contributed by atoms with Crippen LogP contribution in [0.4, 0.5) is 11.5 Å². The Balaban J connectivity index is 1.67. The number of nitrogens with two attached hydrogens (primary N) is 1. The average Bonchev–Trinajstić information content (AvgIpc) is 3.12. The second-order valence-electron chi connectivity index (χ2n) is 4.35. The lowest BCUT2D eigenvalue weighted by molar-refractivity contribution is 0.101. The Labute approximate surface area is 119 Å². The molecule has 8 nitrogen and oxygen atoms in total. The molecule has 0 aliphatic rings. The van der Waals surface area contributed by atoms with Crippen LogP contribution in [0.25, 0.3) is 0 Å². The van der Waals surface area contributed by atoms with Gasteiger partial charge in [-0.25, -0.2) is 4.63 Å². The fraction of sp³-hybridized carbons (Fsp3) is 0.0769. The van der Waals surface area contributed by atoms with E-state index in [9.17, 15) is 4.79 Å². The molecule has 3 rings (SSSR count). The zero-order chi connectivity index (χ0) is 14.7. The van der Waals surface area contributed by atoms with E-state index in [1.165, 1.54) is 0 Å². The van der Waals surface area contributed by atoms with Crippen LogP contribution in [0.2, 0.25) is 0 Å². The molecule has 8 heteroatoms. The standard InChI is InChI=1S/C13H12N6O2/c14-12-11(17-21-18-12)13(20)16-10-4-2-9(3-5-10)8-19-7-1-6-15-19/h1-7H,8H2,(H2,14,18)(H,16,20). The largest absolute Gasteiger partial charge is 0.379 e. The normalized spacial score (nSPS) is 10.5. The van der Waals surface area contributed by atoms with Crippen molar-refractivity contribution in [3.05, 3.63) is 54.0 Å². The highest BCUT2D eigenvalue weighted by Crippen LogP contribution is 2.13. The molecular weight excluding hydrogens is 272 g/mol. The first-order valence-corrected chi connectivity index (χ1v) is 6.18. The fourth-order valence-electron chi connectivity index (χ4n) is 1.82. The minimum Gasteiger partial charge on any atom is -0.379 e. The molecule has 0 aliphatic carbocycles. The first-order valence-electron chi connectivity index (χ1n) is 6.18. The molecule has 21 heavy (non-hydrogen) atoms. The Hall–Kier alpha value is -3.16. The van der Waals surface area contributed by atoms with Crippen molar-refractivity contribution in [3.8, 4) is 0 Å². The van der Waals surface area contributed by atoms with Gasteiger partial charge in [-0.2, -0.15) is 5.10 Å². The van der Waals surface area contributed by atoms with E-state index in [2.05, 4.69) is 25.4 Å². The van der Waals surface area contributed by atoms with Gasteiger partial charge in [-0.15, -0.1) is 0 Å². The molecular formula is C13H12N6O2. The van der Waals surface area contributed by atoms with Gasteiger partial charge in [-0.1, -0.05) is 12.1 Å². The second-order valence-corrected chi connectivity index (χ2v) is 4.35. The third kappa shape index (κ3) is 2.89. The Morgan fingerprint density at radius 3 is 2.71 bits per heavy atom. The van der Waals surface area contributed by atoms with Gasteiger partial charge >= 0.3 is 0 Å². The minimum absolute atomic E-state index is 0.0318. The summed E-state index contributed by atoms with van der Waals surface area (Å²) in [6.07, 6.45) is 3.61. The third-order valence-electron chi connectivity index (χ3n) is 2.84. The molecule has 0 bridgehead atoms. The van der Waals surface area contributed by atoms with E-state index in [0.29, 0.717) is 12.2 Å². The SMILES string of the molecule is Nc1nonc1C(=O)Nc1ccc(Cn2cccn2)cc1. The number of anilines is 2. The van der Waals surface area contributed by atoms with Crippen molar-refractivity contribution in [1.29, 1.82) is 0 Å². The molecule has 2 heterocycles. The van der Waals surface area contributed by atoms with Crippen LogP contribution in [-0.2, 0) is 6.54 Å². The van der Waals surface area contributed by atoms with Crippen molar-refractivity contribution in [1.82, 2.24) is 20.1 Å². The fourth-order valence-corrected chi connectivity index (χ4v) is 1.82. The van der Waals surface area contributed by atoms with Crippen molar-refractivity contribution >= 4 is 17.4 Å². The maximum Gasteiger partial charge on any atom is 0.281 e. The highest BCUT2D eigenvalue weighted by molar-refractivity contribution is 6.05. The summed E-state index contributed by atoms with van der Waals surface area (Å²) in [4.78, 5) is 11.9. The van der Waals surface area contributed by atoms with Crippen LogP contribution in [0.5, 0.6) is 0 Å². The molecule has 3 N–H and O–H groups in total. The summed E-state index contributed by atoms with van der Waals surface area (Å²) in [5.41, 5.74) is 7.13. The molecule has 0 radical (unpaired) electrons. The summed E-state index contributed by atoms with van der Waals surface area (Å²) >= 11 is 0. The van der Waals surface area contributed by atoms with Gasteiger partial charge in [0.15, 0.2) is 0 Å². The van der Waals surface area contributed by atoms with Crippen LogP contribution in [0.3, 0.4) is 0 Å². The lowest BCUT2D eigenvalue weighted by Crippen LogP contribution is -2.14. The molecule has 1 aromatic carbocycles. The maximum absolute atomic E-state index is 11.9. The number of benzene rings is 1. The molecule has 0 fully saturated rings. The number of hydrogen-bond acceptors (Lipinski definition) is 6. The molecule has 0 unspecified atom stereocenters. The van der Waals surface area contributed by atoms with Gasteiger partial charge < -0.3 is 11.1 Å². The number of nitrogen functional groups attached to an aromatic ring is 1. The molecule has 0 saturated carbocycles. The highest BCUT2D eigenvalue weighted by Gasteiger charge is 2.15. The van der Waals surface area contributed by atoms with E-state index >= 15 is 0 Å². The molecule has 2 aromatic heterocycles. The number of carbonyl (C=O) groups excluding carboxylic acids is 1. The van der Waals surface area contributed by atoms with Crippen molar-refractivity contribution in [2.24, 2.45) is 0 Å².